The van der Waals surface area contributed by atoms with Gasteiger partial charge in [-0.25, -0.2) is 15.0 Å². The van der Waals surface area contributed by atoms with Gasteiger partial charge in [-0.05, 0) is 48.7 Å². The summed E-state index contributed by atoms with van der Waals surface area (Å²) >= 11 is 0. The van der Waals surface area contributed by atoms with Gasteiger partial charge in [-0.15, -0.1) is 0 Å². The lowest BCUT2D eigenvalue weighted by molar-refractivity contribution is -0.124. The minimum absolute atomic E-state index is 0.0792. The second-order valence-corrected chi connectivity index (χ2v) is 9.98. The van der Waals surface area contributed by atoms with Gasteiger partial charge in [-0.2, -0.15) is 0 Å². The highest BCUT2D eigenvalue weighted by molar-refractivity contribution is 5.82. The van der Waals surface area contributed by atoms with Crippen molar-refractivity contribution >= 4 is 23.2 Å². The molecule has 0 amide bonds. The SMILES string of the molecule is CC1CCCN(C)c2ccc(cn2)-c2ccnc(n2)Nc2cccc(c2)CN2CCN(CC2)CC1=O. The van der Waals surface area contributed by atoms with E-state index >= 15 is 0 Å². The Hall–Kier alpha value is -3.36. The number of carbonyl (C=O) groups is 1. The number of hydrogen-bond acceptors (Lipinski definition) is 8. The molecule has 5 aliphatic rings. The number of nitrogens with zero attached hydrogens (tertiary/aromatic N) is 6. The molecule has 1 saturated heterocycles. The Labute approximate surface area is 213 Å². The van der Waals surface area contributed by atoms with Crippen LogP contribution in [0.15, 0.2) is 54.9 Å². The molecule has 1 fully saturated rings. The zero-order valence-electron chi connectivity index (χ0n) is 21.2. The molecule has 1 atom stereocenters. The number of hydrogen-bond donors (Lipinski definition) is 1. The van der Waals surface area contributed by atoms with Crippen molar-refractivity contribution in [2.75, 3.05) is 56.5 Å². The summed E-state index contributed by atoms with van der Waals surface area (Å²) in [7, 11) is 2.05. The summed E-state index contributed by atoms with van der Waals surface area (Å²) in [5.41, 5.74) is 3.99. The monoisotopic (exact) mass is 485 g/mol. The van der Waals surface area contributed by atoms with Crippen LogP contribution in [-0.4, -0.2) is 76.9 Å². The number of benzene rings is 1. The lowest BCUT2D eigenvalue weighted by atomic mass is 9.99. The number of pyridine rings is 1. The Balaban J connectivity index is 1.38. The van der Waals surface area contributed by atoms with Crippen LogP contribution in [0.1, 0.15) is 25.3 Å². The van der Waals surface area contributed by atoms with E-state index in [-0.39, 0.29) is 5.92 Å². The summed E-state index contributed by atoms with van der Waals surface area (Å²) in [4.78, 5) is 33.6. The molecule has 3 aromatic rings. The fraction of sp³-hybridized carbons (Fsp3) is 0.429. The number of carbonyl (C=O) groups excluding carboxylic acids is 1. The van der Waals surface area contributed by atoms with Crippen LogP contribution in [0.5, 0.6) is 0 Å². The molecule has 0 aliphatic carbocycles. The fourth-order valence-electron chi connectivity index (χ4n) is 4.87. The van der Waals surface area contributed by atoms with Crippen molar-refractivity contribution in [1.82, 2.24) is 24.8 Å². The minimum Gasteiger partial charge on any atom is -0.360 e. The lowest BCUT2D eigenvalue weighted by Gasteiger charge is -2.34. The summed E-state index contributed by atoms with van der Waals surface area (Å²) in [6, 6.07) is 14.4. The Kier molecular flexibility index (Phi) is 7.53. The maximum atomic E-state index is 12.9. The van der Waals surface area contributed by atoms with E-state index in [2.05, 4.69) is 62.2 Å². The van der Waals surface area contributed by atoms with Crippen molar-refractivity contribution in [3.05, 3.63) is 60.4 Å². The summed E-state index contributed by atoms with van der Waals surface area (Å²) in [5, 5.41) is 3.36. The quantitative estimate of drug-likeness (QED) is 0.515. The average Bonchev–Trinajstić information content (AvgIpc) is 2.89. The maximum absolute atomic E-state index is 12.9. The van der Waals surface area contributed by atoms with Gasteiger partial charge in [0.25, 0.3) is 0 Å². The third-order valence-electron chi connectivity index (χ3n) is 7.20. The highest BCUT2D eigenvalue weighted by Gasteiger charge is 2.22. The van der Waals surface area contributed by atoms with Gasteiger partial charge in [0, 0.05) is 75.9 Å². The molecule has 188 valence electrons. The molecular weight excluding hydrogens is 450 g/mol. The molecule has 0 spiro atoms. The van der Waals surface area contributed by atoms with E-state index in [1.807, 2.05) is 30.5 Å². The summed E-state index contributed by atoms with van der Waals surface area (Å²) < 4.78 is 0. The van der Waals surface area contributed by atoms with Crippen LogP contribution < -0.4 is 10.2 Å². The number of piperazine rings is 1. The number of rotatable bonds is 0. The molecule has 1 unspecified atom stereocenters. The Morgan fingerprint density at radius 1 is 0.944 bits per heavy atom. The molecule has 2 aromatic heterocycles. The molecule has 7 heterocycles. The van der Waals surface area contributed by atoms with Gasteiger partial charge >= 0.3 is 0 Å². The zero-order chi connectivity index (χ0) is 24.9. The second-order valence-electron chi connectivity index (χ2n) is 9.98. The number of anilines is 3. The van der Waals surface area contributed by atoms with Crippen molar-refractivity contribution in [2.45, 2.75) is 26.3 Å². The molecular formula is C28H35N7O. The molecule has 0 saturated carbocycles. The Bertz CT molecular complexity index is 1170. The van der Waals surface area contributed by atoms with E-state index < -0.39 is 0 Å². The molecule has 8 bridgehead atoms. The highest BCUT2D eigenvalue weighted by Crippen LogP contribution is 2.22. The third kappa shape index (κ3) is 6.06. The van der Waals surface area contributed by atoms with Crippen LogP contribution in [0.25, 0.3) is 11.3 Å². The Morgan fingerprint density at radius 3 is 2.53 bits per heavy atom. The molecule has 5 aliphatic heterocycles. The molecule has 36 heavy (non-hydrogen) atoms. The van der Waals surface area contributed by atoms with Gasteiger partial charge in [-0.1, -0.05) is 19.1 Å². The predicted octanol–water partition coefficient (Wildman–Crippen LogP) is 3.84. The zero-order valence-corrected chi connectivity index (χ0v) is 21.2. The van der Waals surface area contributed by atoms with Gasteiger partial charge in [-0.3, -0.25) is 14.6 Å². The third-order valence-corrected chi connectivity index (χ3v) is 7.20. The van der Waals surface area contributed by atoms with Gasteiger partial charge in [0.05, 0.1) is 12.2 Å². The standard InChI is InChI=1S/C28H35N7O/c1-21-5-4-12-33(2)27-9-8-23(18-30-27)25-10-11-29-28(32-25)31-24-7-3-6-22(17-24)19-34-13-15-35(16-14-34)20-26(21)36/h3,6-11,17-18,21H,4-5,12-16,19-20H2,1-2H3,(H,29,31,32). The molecule has 0 radical (unpaired) electrons. The molecule has 1 aromatic carbocycles. The summed E-state index contributed by atoms with van der Waals surface area (Å²) in [5.74, 6) is 1.92. The molecule has 8 rings (SSSR count). The average molecular weight is 486 g/mol. The van der Waals surface area contributed by atoms with E-state index in [1.54, 1.807) is 6.20 Å². The maximum Gasteiger partial charge on any atom is 0.227 e. The minimum atomic E-state index is 0.0792. The van der Waals surface area contributed by atoms with E-state index in [4.69, 9.17) is 4.98 Å². The number of nitrogens with one attached hydrogen (secondary N) is 1. The van der Waals surface area contributed by atoms with Crippen LogP contribution in [-0.2, 0) is 11.3 Å². The van der Waals surface area contributed by atoms with Crippen LogP contribution >= 0.6 is 0 Å². The summed E-state index contributed by atoms with van der Waals surface area (Å²) in [6.07, 6.45) is 5.49. The molecule has 8 nitrogen and oxygen atoms in total. The van der Waals surface area contributed by atoms with Crippen molar-refractivity contribution in [1.29, 1.82) is 0 Å². The highest BCUT2D eigenvalue weighted by atomic mass is 16.1. The van der Waals surface area contributed by atoms with Gasteiger partial charge in [0.2, 0.25) is 5.95 Å². The second kappa shape index (κ2) is 11.1. The van der Waals surface area contributed by atoms with Crippen molar-refractivity contribution in [3.8, 4) is 11.3 Å². The Morgan fingerprint density at radius 2 is 1.75 bits per heavy atom. The van der Waals surface area contributed by atoms with Crippen molar-refractivity contribution in [2.24, 2.45) is 5.92 Å². The first-order valence-corrected chi connectivity index (χ1v) is 12.9. The van der Waals surface area contributed by atoms with E-state index in [0.717, 1.165) is 74.9 Å². The predicted molar refractivity (Wildman–Crippen MR) is 143 cm³/mol. The smallest absolute Gasteiger partial charge is 0.227 e. The number of ketones is 1. The van der Waals surface area contributed by atoms with Gasteiger partial charge in [0.1, 0.15) is 11.6 Å². The first-order chi connectivity index (χ1) is 17.5. The van der Waals surface area contributed by atoms with Gasteiger partial charge < -0.3 is 10.2 Å². The number of aromatic nitrogens is 3. The molecule has 8 heteroatoms. The topological polar surface area (TPSA) is 77.5 Å². The van der Waals surface area contributed by atoms with Crippen LogP contribution in [0.4, 0.5) is 17.5 Å². The van der Waals surface area contributed by atoms with Crippen molar-refractivity contribution < 1.29 is 4.79 Å². The van der Waals surface area contributed by atoms with E-state index in [9.17, 15) is 4.79 Å². The largest absolute Gasteiger partial charge is 0.360 e. The van der Waals surface area contributed by atoms with E-state index in [0.29, 0.717) is 18.3 Å². The van der Waals surface area contributed by atoms with Gasteiger partial charge in [0.15, 0.2) is 0 Å². The first kappa shape index (κ1) is 24.3. The normalized spacial score (nSPS) is 23.3. The lowest BCUT2D eigenvalue weighted by Crippen LogP contribution is -2.48. The van der Waals surface area contributed by atoms with Crippen molar-refractivity contribution in [3.63, 3.8) is 0 Å². The fourth-order valence-corrected chi connectivity index (χ4v) is 4.87. The number of Topliss-reactive ketones (excluding diaryl/α,β-unsaturated/α-hetero) is 1. The van der Waals surface area contributed by atoms with Crippen LogP contribution in [0.2, 0.25) is 0 Å². The van der Waals surface area contributed by atoms with Crippen LogP contribution in [0, 0.1) is 5.92 Å². The summed E-state index contributed by atoms with van der Waals surface area (Å²) in [6.45, 7) is 8.19. The first-order valence-electron chi connectivity index (χ1n) is 12.9. The molecule has 1 N–H and O–H groups in total. The van der Waals surface area contributed by atoms with Crippen LogP contribution in [0.3, 0.4) is 0 Å². The van der Waals surface area contributed by atoms with E-state index in [1.165, 1.54) is 5.56 Å².